The van der Waals surface area contributed by atoms with Crippen molar-refractivity contribution < 1.29 is 4.42 Å². The Balaban J connectivity index is 2.23. The van der Waals surface area contributed by atoms with Crippen LogP contribution in [0.1, 0.15) is 5.76 Å². The van der Waals surface area contributed by atoms with Gasteiger partial charge in [-0.15, -0.1) is 0 Å². The van der Waals surface area contributed by atoms with Crippen LogP contribution in [0.5, 0.6) is 0 Å². The number of aryl methyl sites for hydroxylation is 1. The number of furan rings is 1. The van der Waals surface area contributed by atoms with Crippen molar-refractivity contribution in [2.75, 3.05) is 5.73 Å². The molecule has 0 aliphatic rings. The summed E-state index contributed by atoms with van der Waals surface area (Å²) in [4.78, 5) is 12.9. The lowest BCUT2D eigenvalue weighted by atomic mass is 10.4. The number of thiazole rings is 1. The van der Waals surface area contributed by atoms with Crippen molar-refractivity contribution in [1.82, 2.24) is 15.0 Å². The second-order valence-corrected chi connectivity index (χ2v) is 4.78. The third kappa shape index (κ3) is 1.75. The van der Waals surface area contributed by atoms with Gasteiger partial charge >= 0.3 is 0 Å². The number of hydrogen-bond acceptors (Lipinski definition) is 6. The average molecular weight is 267 g/mol. The molecular formula is C10H7ClN4OS. The smallest absolute Gasteiger partial charge is 0.225 e. The number of hydrogen-bond donors (Lipinski definition) is 1. The number of aromatic nitrogens is 3. The molecule has 0 atom stereocenters. The topological polar surface area (TPSA) is 77.8 Å². The highest BCUT2D eigenvalue weighted by Crippen LogP contribution is 2.32. The highest BCUT2D eigenvalue weighted by molar-refractivity contribution is 7.21. The monoisotopic (exact) mass is 266 g/mol. The fraction of sp³-hybridized carbons (Fsp3) is 0.100. The SMILES string of the molecule is Cc1ccc(-c2nc3c(N)nc(Cl)nc3s2)o1. The maximum absolute atomic E-state index is 5.74. The number of rotatable bonds is 1. The molecule has 0 saturated carbocycles. The zero-order valence-electron chi connectivity index (χ0n) is 8.77. The molecule has 7 heteroatoms. The zero-order chi connectivity index (χ0) is 12.0. The van der Waals surface area contributed by atoms with Crippen LogP contribution >= 0.6 is 22.9 Å². The van der Waals surface area contributed by atoms with Gasteiger partial charge in [-0.1, -0.05) is 11.3 Å². The third-order valence-electron chi connectivity index (χ3n) is 2.21. The summed E-state index contributed by atoms with van der Waals surface area (Å²) >= 11 is 7.11. The molecule has 3 aromatic heterocycles. The van der Waals surface area contributed by atoms with Crippen LogP contribution in [0.15, 0.2) is 16.5 Å². The first-order valence-electron chi connectivity index (χ1n) is 4.80. The number of halogens is 1. The minimum atomic E-state index is 0.126. The first kappa shape index (κ1) is 10.5. The summed E-state index contributed by atoms with van der Waals surface area (Å²) in [6.07, 6.45) is 0. The number of nitrogens with zero attached hydrogens (tertiary/aromatic N) is 3. The molecule has 0 radical (unpaired) electrons. The van der Waals surface area contributed by atoms with Crippen molar-refractivity contribution in [3.05, 3.63) is 23.2 Å². The molecule has 0 unspecified atom stereocenters. The van der Waals surface area contributed by atoms with Gasteiger partial charge in [0.25, 0.3) is 0 Å². The maximum atomic E-state index is 5.74. The van der Waals surface area contributed by atoms with Gasteiger partial charge in [0.15, 0.2) is 21.4 Å². The van der Waals surface area contributed by atoms with Crippen molar-refractivity contribution in [3.63, 3.8) is 0 Å². The molecule has 0 aliphatic carbocycles. The van der Waals surface area contributed by atoms with Gasteiger partial charge in [0, 0.05) is 0 Å². The molecule has 0 bridgehead atoms. The summed E-state index contributed by atoms with van der Waals surface area (Å²) in [5, 5.41) is 0.845. The molecule has 0 spiro atoms. The Hall–Kier alpha value is -1.66. The number of nitrogens with two attached hydrogens (primary N) is 1. The predicted molar refractivity (Wildman–Crippen MR) is 67.1 cm³/mol. The van der Waals surface area contributed by atoms with Crippen LogP contribution in [-0.2, 0) is 0 Å². The van der Waals surface area contributed by atoms with Crippen LogP contribution in [0.2, 0.25) is 5.28 Å². The molecular weight excluding hydrogens is 260 g/mol. The van der Waals surface area contributed by atoms with E-state index >= 15 is 0 Å². The molecule has 0 saturated heterocycles. The van der Waals surface area contributed by atoms with E-state index in [0.717, 1.165) is 10.8 Å². The lowest BCUT2D eigenvalue weighted by Crippen LogP contribution is -1.93. The van der Waals surface area contributed by atoms with E-state index in [-0.39, 0.29) is 11.1 Å². The van der Waals surface area contributed by atoms with Gasteiger partial charge in [0.1, 0.15) is 11.3 Å². The highest BCUT2D eigenvalue weighted by Gasteiger charge is 2.14. The summed E-state index contributed by atoms with van der Waals surface area (Å²) in [6, 6.07) is 3.74. The summed E-state index contributed by atoms with van der Waals surface area (Å²) < 4.78 is 5.50. The number of fused-ring (bicyclic) bond motifs is 1. The molecule has 3 rings (SSSR count). The lowest BCUT2D eigenvalue weighted by molar-refractivity contribution is 0.548. The van der Waals surface area contributed by atoms with Crippen LogP contribution in [-0.4, -0.2) is 15.0 Å². The van der Waals surface area contributed by atoms with Gasteiger partial charge in [-0.05, 0) is 30.7 Å². The summed E-state index contributed by atoms with van der Waals surface area (Å²) in [5.74, 6) is 1.81. The average Bonchev–Trinajstić information content (AvgIpc) is 2.83. The molecule has 0 amide bonds. The Morgan fingerprint density at radius 3 is 2.82 bits per heavy atom. The first-order valence-corrected chi connectivity index (χ1v) is 5.99. The zero-order valence-corrected chi connectivity index (χ0v) is 10.3. The number of nitrogen functional groups attached to an aromatic ring is 1. The van der Waals surface area contributed by atoms with Crippen molar-refractivity contribution in [1.29, 1.82) is 0 Å². The predicted octanol–water partition coefficient (Wildman–Crippen LogP) is 2.89. The Morgan fingerprint density at radius 2 is 2.12 bits per heavy atom. The maximum Gasteiger partial charge on any atom is 0.225 e. The largest absolute Gasteiger partial charge is 0.459 e. The molecule has 0 aliphatic heterocycles. The summed E-state index contributed by atoms with van der Waals surface area (Å²) in [7, 11) is 0. The van der Waals surface area contributed by atoms with E-state index < -0.39 is 0 Å². The van der Waals surface area contributed by atoms with E-state index in [1.807, 2.05) is 19.1 Å². The van der Waals surface area contributed by atoms with Crippen LogP contribution in [0.3, 0.4) is 0 Å². The molecule has 0 fully saturated rings. The van der Waals surface area contributed by atoms with Gasteiger partial charge in [0.2, 0.25) is 5.28 Å². The molecule has 0 aromatic carbocycles. The fourth-order valence-electron chi connectivity index (χ4n) is 1.47. The quantitative estimate of drug-likeness (QED) is 0.685. The Bertz CT molecular complexity index is 705. The van der Waals surface area contributed by atoms with Crippen LogP contribution in [0, 0.1) is 6.92 Å². The van der Waals surface area contributed by atoms with E-state index in [4.69, 9.17) is 21.8 Å². The highest BCUT2D eigenvalue weighted by atomic mass is 35.5. The summed E-state index contributed by atoms with van der Waals surface area (Å²) in [6.45, 7) is 1.88. The third-order valence-corrected chi connectivity index (χ3v) is 3.34. The summed E-state index contributed by atoms with van der Waals surface area (Å²) in [5.41, 5.74) is 6.29. The Kier molecular flexibility index (Phi) is 2.27. The van der Waals surface area contributed by atoms with Crippen molar-refractivity contribution in [3.8, 4) is 10.8 Å². The number of anilines is 1. The van der Waals surface area contributed by atoms with Crippen molar-refractivity contribution >= 4 is 39.1 Å². The van der Waals surface area contributed by atoms with Crippen LogP contribution in [0.4, 0.5) is 5.82 Å². The minimum absolute atomic E-state index is 0.126. The second-order valence-electron chi connectivity index (χ2n) is 3.46. The molecule has 17 heavy (non-hydrogen) atoms. The van der Waals surface area contributed by atoms with Gasteiger partial charge < -0.3 is 10.2 Å². The standard InChI is InChI=1S/C10H7ClN4OS/c1-4-2-3-5(16-4)8-13-6-7(12)14-10(11)15-9(6)17-8/h2-3H,1H3,(H2,12,14,15). The first-order chi connectivity index (χ1) is 8.13. The van der Waals surface area contributed by atoms with Crippen molar-refractivity contribution in [2.24, 2.45) is 0 Å². The van der Waals surface area contributed by atoms with Crippen LogP contribution in [0.25, 0.3) is 21.1 Å². The second kappa shape index (κ2) is 3.68. The molecule has 3 aromatic rings. The van der Waals surface area contributed by atoms with E-state index in [9.17, 15) is 0 Å². The molecule has 86 valence electrons. The van der Waals surface area contributed by atoms with E-state index in [1.165, 1.54) is 11.3 Å². The molecule has 2 N–H and O–H groups in total. The van der Waals surface area contributed by atoms with E-state index in [2.05, 4.69) is 15.0 Å². The molecule has 3 heterocycles. The normalized spacial score (nSPS) is 11.2. The fourth-order valence-corrected chi connectivity index (χ4v) is 2.61. The van der Waals surface area contributed by atoms with Gasteiger partial charge in [-0.2, -0.15) is 4.98 Å². The van der Waals surface area contributed by atoms with E-state index in [1.54, 1.807) is 0 Å². The van der Waals surface area contributed by atoms with Crippen LogP contribution < -0.4 is 5.73 Å². The lowest BCUT2D eigenvalue weighted by Gasteiger charge is -1.92. The van der Waals surface area contributed by atoms with Gasteiger partial charge in [0.05, 0.1) is 0 Å². The Labute approximate surface area is 105 Å². The van der Waals surface area contributed by atoms with Gasteiger partial charge in [-0.3, -0.25) is 0 Å². The Morgan fingerprint density at radius 1 is 1.29 bits per heavy atom. The minimum Gasteiger partial charge on any atom is -0.459 e. The molecule has 5 nitrogen and oxygen atoms in total. The van der Waals surface area contributed by atoms with Gasteiger partial charge in [-0.25, -0.2) is 9.97 Å². The van der Waals surface area contributed by atoms with E-state index in [0.29, 0.717) is 16.1 Å². The van der Waals surface area contributed by atoms with Crippen molar-refractivity contribution in [2.45, 2.75) is 6.92 Å².